The number of carbonyl (C=O) groups excluding carboxylic acids is 1. The van der Waals surface area contributed by atoms with Crippen LogP contribution in [0.2, 0.25) is 0 Å². The lowest BCUT2D eigenvalue weighted by molar-refractivity contribution is -0.274. The summed E-state index contributed by atoms with van der Waals surface area (Å²) in [6.07, 6.45) is -2.85. The standard InChI is InChI=1S/C14H16F3NO2/c15-14(16,17)20-13-4-2-1-3-11(13)12(19)6-5-10-7-8-18-9-10/h1-4,10,18H,5-9H2. The second kappa shape index (κ2) is 6.26. The van der Waals surface area contributed by atoms with E-state index in [1.807, 2.05) is 0 Å². The molecule has 1 aliphatic rings. The highest BCUT2D eigenvalue weighted by Gasteiger charge is 2.32. The number of hydrogen-bond acceptors (Lipinski definition) is 3. The number of para-hydroxylation sites is 1. The van der Waals surface area contributed by atoms with E-state index in [2.05, 4.69) is 10.1 Å². The van der Waals surface area contributed by atoms with Crippen LogP contribution in [0.25, 0.3) is 0 Å². The molecule has 2 rings (SSSR count). The van der Waals surface area contributed by atoms with E-state index < -0.39 is 12.1 Å². The van der Waals surface area contributed by atoms with Gasteiger partial charge in [-0.05, 0) is 44.0 Å². The van der Waals surface area contributed by atoms with E-state index in [1.54, 1.807) is 0 Å². The molecule has 3 nitrogen and oxygen atoms in total. The third-order valence-corrected chi connectivity index (χ3v) is 3.36. The molecule has 0 radical (unpaired) electrons. The van der Waals surface area contributed by atoms with Crippen molar-refractivity contribution >= 4 is 5.78 Å². The molecule has 110 valence electrons. The van der Waals surface area contributed by atoms with Gasteiger partial charge in [0.15, 0.2) is 5.78 Å². The van der Waals surface area contributed by atoms with Crippen molar-refractivity contribution in [2.45, 2.75) is 25.6 Å². The van der Waals surface area contributed by atoms with E-state index in [0.717, 1.165) is 25.6 Å². The molecule has 1 unspecified atom stereocenters. The molecule has 1 heterocycles. The van der Waals surface area contributed by atoms with E-state index in [9.17, 15) is 18.0 Å². The van der Waals surface area contributed by atoms with Crippen molar-refractivity contribution in [3.05, 3.63) is 29.8 Å². The number of hydrogen-bond donors (Lipinski definition) is 1. The lowest BCUT2D eigenvalue weighted by Crippen LogP contribution is -2.19. The largest absolute Gasteiger partial charge is 0.573 e. The molecule has 0 spiro atoms. The Balaban J connectivity index is 2.01. The first-order valence-corrected chi connectivity index (χ1v) is 6.54. The molecule has 0 amide bonds. The average Bonchev–Trinajstić information content (AvgIpc) is 2.88. The molecule has 1 aromatic rings. The summed E-state index contributed by atoms with van der Waals surface area (Å²) in [5, 5.41) is 3.19. The predicted octanol–water partition coefficient (Wildman–Crippen LogP) is 3.16. The van der Waals surface area contributed by atoms with Crippen LogP contribution in [0, 0.1) is 5.92 Å². The topological polar surface area (TPSA) is 38.3 Å². The molecule has 1 saturated heterocycles. The highest BCUT2D eigenvalue weighted by Crippen LogP contribution is 2.28. The minimum absolute atomic E-state index is 0.00391. The molecule has 0 saturated carbocycles. The molecular weight excluding hydrogens is 271 g/mol. The number of Topliss-reactive ketones (excluding diaryl/α,β-unsaturated/α-hetero) is 1. The third kappa shape index (κ3) is 4.23. The van der Waals surface area contributed by atoms with Crippen LogP contribution in [0.1, 0.15) is 29.6 Å². The van der Waals surface area contributed by atoms with E-state index in [0.29, 0.717) is 12.3 Å². The smallest absolute Gasteiger partial charge is 0.405 e. The van der Waals surface area contributed by atoms with Crippen LogP contribution >= 0.6 is 0 Å². The molecule has 1 fully saturated rings. The lowest BCUT2D eigenvalue weighted by atomic mass is 9.98. The van der Waals surface area contributed by atoms with Gasteiger partial charge in [0.1, 0.15) is 5.75 Å². The van der Waals surface area contributed by atoms with Crippen LogP contribution in [0.5, 0.6) is 5.75 Å². The van der Waals surface area contributed by atoms with Gasteiger partial charge in [0.2, 0.25) is 0 Å². The summed E-state index contributed by atoms with van der Waals surface area (Å²) in [5.41, 5.74) is -0.00391. The predicted molar refractivity (Wildman–Crippen MR) is 67.7 cm³/mol. The van der Waals surface area contributed by atoms with Gasteiger partial charge in [-0.1, -0.05) is 12.1 Å². The average molecular weight is 287 g/mol. The minimum Gasteiger partial charge on any atom is -0.405 e. The van der Waals surface area contributed by atoms with Gasteiger partial charge >= 0.3 is 6.36 Å². The molecule has 20 heavy (non-hydrogen) atoms. The van der Waals surface area contributed by atoms with Gasteiger partial charge in [-0.25, -0.2) is 0 Å². The maximum atomic E-state index is 12.3. The number of halogens is 3. The van der Waals surface area contributed by atoms with Gasteiger partial charge in [0.25, 0.3) is 0 Å². The van der Waals surface area contributed by atoms with Crippen LogP contribution in [0.4, 0.5) is 13.2 Å². The fraction of sp³-hybridized carbons (Fsp3) is 0.500. The normalized spacial score (nSPS) is 19.1. The van der Waals surface area contributed by atoms with Gasteiger partial charge in [-0.2, -0.15) is 0 Å². The van der Waals surface area contributed by atoms with E-state index in [1.165, 1.54) is 18.2 Å². The van der Waals surface area contributed by atoms with Gasteiger partial charge in [-0.15, -0.1) is 13.2 Å². The second-order valence-electron chi connectivity index (χ2n) is 4.86. The van der Waals surface area contributed by atoms with Crippen LogP contribution in [-0.4, -0.2) is 25.2 Å². The summed E-state index contributed by atoms with van der Waals surface area (Å²) in [7, 11) is 0. The van der Waals surface area contributed by atoms with Crippen LogP contribution in [-0.2, 0) is 0 Å². The maximum absolute atomic E-state index is 12.3. The maximum Gasteiger partial charge on any atom is 0.573 e. The number of alkyl halides is 3. The van der Waals surface area contributed by atoms with Crippen LogP contribution in [0.15, 0.2) is 24.3 Å². The van der Waals surface area contributed by atoms with Gasteiger partial charge in [0, 0.05) is 6.42 Å². The molecule has 0 aliphatic carbocycles. The summed E-state index contributed by atoms with van der Waals surface area (Å²) >= 11 is 0. The van der Waals surface area contributed by atoms with E-state index >= 15 is 0 Å². The van der Waals surface area contributed by atoms with Crippen molar-refractivity contribution < 1.29 is 22.7 Å². The zero-order chi connectivity index (χ0) is 14.6. The van der Waals surface area contributed by atoms with Gasteiger partial charge in [-0.3, -0.25) is 4.79 Å². The van der Waals surface area contributed by atoms with E-state index in [4.69, 9.17) is 0 Å². The van der Waals surface area contributed by atoms with Crippen molar-refractivity contribution in [2.24, 2.45) is 5.92 Å². The number of benzene rings is 1. The first-order valence-electron chi connectivity index (χ1n) is 6.54. The fourth-order valence-electron chi connectivity index (χ4n) is 2.34. The molecule has 0 bridgehead atoms. The number of ketones is 1. The van der Waals surface area contributed by atoms with E-state index in [-0.39, 0.29) is 17.8 Å². The van der Waals surface area contributed by atoms with Crippen molar-refractivity contribution in [3.8, 4) is 5.75 Å². The molecule has 1 aliphatic heterocycles. The minimum atomic E-state index is -4.79. The zero-order valence-corrected chi connectivity index (χ0v) is 10.9. The monoisotopic (exact) mass is 287 g/mol. The Labute approximate surface area is 115 Å². The second-order valence-corrected chi connectivity index (χ2v) is 4.86. The SMILES string of the molecule is O=C(CCC1CCNC1)c1ccccc1OC(F)(F)F. The quantitative estimate of drug-likeness (QED) is 0.845. The van der Waals surface area contributed by atoms with Gasteiger partial charge < -0.3 is 10.1 Å². The Morgan fingerprint density at radius 3 is 2.75 bits per heavy atom. The Bertz CT molecular complexity index is 468. The molecule has 1 N–H and O–H groups in total. The molecular formula is C14H16F3NO2. The van der Waals surface area contributed by atoms with Crippen molar-refractivity contribution in [3.63, 3.8) is 0 Å². The number of rotatable bonds is 5. The summed E-state index contributed by atoms with van der Waals surface area (Å²) < 4.78 is 40.7. The van der Waals surface area contributed by atoms with Crippen LogP contribution < -0.4 is 10.1 Å². The Kier molecular flexibility index (Phi) is 4.65. The van der Waals surface area contributed by atoms with Crippen molar-refractivity contribution in [1.29, 1.82) is 0 Å². The number of ether oxygens (including phenoxy) is 1. The summed E-state index contributed by atoms with van der Waals surface area (Å²) in [4.78, 5) is 12.0. The molecule has 0 aromatic heterocycles. The Morgan fingerprint density at radius 2 is 2.10 bits per heavy atom. The number of nitrogens with one attached hydrogen (secondary N) is 1. The molecule has 6 heteroatoms. The summed E-state index contributed by atoms with van der Waals surface area (Å²) in [5.74, 6) is -0.305. The summed E-state index contributed by atoms with van der Waals surface area (Å²) in [6.45, 7) is 1.81. The Hall–Kier alpha value is -1.56. The lowest BCUT2D eigenvalue weighted by Gasteiger charge is -2.13. The molecule has 1 aromatic carbocycles. The molecule has 1 atom stereocenters. The fourth-order valence-corrected chi connectivity index (χ4v) is 2.34. The zero-order valence-electron chi connectivity index (χ0n) is 10.9. The number of carbonyl (C=O) groups is 1. The highest BCUT2D eigenvalue weighted by molar-refractivity contribution is 5.98. The third-order valence-electron chi connectivity index (χ3n) is 3.36. The first kappa shape index (κ1) is 14.8. The Morgan fingerprint density at radius 1 is 1.35 bits per heavy atom. The van der Waals surface area contributed by atoms with Crippen molar-refractivity contribution in [2.75, 3.05) is 13.1 Å². The highest BCUT2D eigenvalue weighted by atomic mass is 19.4. The summed E-state index contributed by atoms with van der Waals surface area (Å²) in [6, 6.07) is 5.49. The van der Waals surface area contributed by atoms with Crippen molar-refractivity contribution in [1.82, 2.24) is 5.32 Å². The first-order chi connectivity index (χ1) is 9.46. The van der Waals surface area contributed by atoms with Gasteiger partial charge in [0.05, 0.1) is 5.56 Å². The van der Waals surface area contributed by atoms with Crippen LogP contribution in [0.3, 0.4) is 0 Å².